The molecule has 1 unspecified atom stereocenters. The number of carbonyl (C=O) groups excluding carboxylic acids is 1. The molecule has 8 nitrogen and oxygen atoms in total. The van der Waals surface area contributed by atoms with Gasteiger partial charge in [0.15, 0.2) is 5.82 Å². The number of piperidine rings is 1. The van der Waals surface area contributed by atoms with Gasteiger partial charge in [-0.15, -0.1) is 5.10 Å². The minimum absolute atomic E-state index is 0.0960. The van der Waals surface area contributed by atoms with Gasteiger partial charge in [-0.05, 0) is 43.0 Å². The van der Waals surface area contributed by atoms with E-state index in [1.807, 2.05) is 19.1 Å². The van der Waals surface area contributed by atoms with Crippen LogP contribution >= 0.6 is 11.6 Å². The number of aliphatic carboxylic acids is 1. The number of benzene rings is 1. The maximum atomic E-state index is 14.6. The first-order valence-electron chi connectivity index (χ1n) is 9.92. The molecule has 2 aromatic heterocycles. The predicted molar refractivity (Wildman–Crippen MR) is 111 cm³/mol. The molecule has 1 aliphatic carbocycles. The van der Waals surface area contributed by atoms with Gasteiger partial charge in [-0.1, -0.05) is 18.5 Å². The fraction of sp³-hybridized carbons (Fsp3) is 0.333. The summed E-state index contributed by atoms with van der Waals surface area (Å²) < 4.78 is 16.2. The minimum atomic E-state index is -1.24. The van der Waals surface area contributed by atoms with E-state index in [1.54, 1.807) is 16.9 Å². The van der Waals surface area contributed by atoms with Gasteiger partial charge in [-0.2, -0.15) is 0 Å². The number of amides is 2. The smallest absolute Gasteiger partial charge is 0.329 e. The average molecular weight is 444 g/mol. The zero-order chi connectivity index (χ0) is 21.9. The lowest BCUT2D eigenvalue weighted by atomic mass is 9.64. The van der Waals surface area contributed by atoms with Gasteiger partial charge in [0.05, 0.1) is 22.4 Å². The van der Waals surface area contributed by atoms with Gasteiger partial charge < -0.3 is 15.3 Å². The highest BCUT2D eigenvalue weighted by Crippen LogP contribution is 2.50. The molecule has 31 heavy (non-hydrogen) atoms. The predicted octanol–water partition coefficient (Wildman–Crippen LogP) is 4.05. The van der Waals surface area contributed by atoms with E-state index < -0.39 is 23.4 Å². The van der Waals surface area contributed by atoms with Crippen LogP contribution in [0.15, 0.2) is 36.7 Å². The van der Waals surface area contributed by atoms with Gasteiger partial charge in [0, 0.05) is 24.2 Å². The first-order valence-corrected chi connectivity index (χ1v) is 10.3. The summed E-state index contributed by atoms with van der Waals surface area (Å²) >= 11 is 6.23. The number of carbonyl (C=O) groups is 2. The molecule has 10 heteroatoms. The van der Waals surface area contributed by atoms with Gasteiger partial charge in [0.25, 0.3) is 0 Å². The normalized spacial score (nSPS) is 24.7. The summed E-state index contributed by atoms with van der Waals surface area (Å²) in [4.78, 5) is 30.5. The Bertz CT molecular complexity index is 1230. The van der Waals surface area contributed by atoms with Crippen molar-refractivity contribution in [2.45, 2.75) is 37.8 Å². The van der Waals surface area contributed by atoms with E-state index in [4.69, 9.17) is 11.6 Å². The third kappa shape index (κ3) is 3.03. The molecule has 3 aromatic rings. The van der Waals surface area contributed by atoms with Gasteiger partial charge >= 0.3 is 12.0 Å². The summed E-state index contributed by atoms with van der Waals surface area (Å²) in [5.41, 5.74) is -0.215. The van der Waals surface area contributed by atoms with E-state index in [-0.39, 0.29) is 28.5 Å². The molecule has 3 atom stereocenters. The van der Waals surface area contributed by atoms with Crippen LogP contribution in [0, 0.1) is 11.7 Å². The summed E-state index contributed by atoms with van der Waals surface area (Å²) in [7, 11) is 0. The molecule has 1 aromatic carbocycles. The van der Waals surface area contributed by atoms with Crippen LogP contribution in [0.5, 0.6) is 0 Å². The lowest BCUT2D eigenvalue weighted by molar-refractivity contribution is -0.173. The molecular weight excluding hydrogens is 425 g/mol. The molecule has 2 saturated heterocycles. The van der Waals surface area contributed by atoms with Gasteiger partial charge in [-0.25, -0.2) is 23.5 Å². The highest BCUT2D eigenvalue weighted by atomic mass is 35.5. The topological polar surface area (TPSA) is 99.8 Å². The number of hydrogen-bond acceptors (Lipinski definition) is 4. The van der Waals surface area contributed by atoms with Gasteiger partial charge in [0.2, 0.25) is 0 Å². The van der Waals surface area contributed by atoms with Crippen molar-refractivity contribution in [2.75, 3.05) is 5.32 Å². The summed E-state index contributed by atoms with van der Waals surface area (Å²) in [5, 5.41) is 16.8. The van der Waals surface area contributed by atoms with Crippen molar-refractivity contribution in [2.24, 2.45) is 5.92 Å². The molecule has 160 valence electrons. The van der Waals surface area contributed by atoms with Crippen LogP contribution in [0.3, 0.4) is 0 Å². The van der Waals surface area contributed by atoms with Crippen LogP contribution in [0.4, 0.5) is 14.9 Å². The third-order valence-corrected chi connectivity index (χ3v) is 6.51. The zero-order valence-corrected chi connectivity index (χ0v) is 17.3. The van der Waals surface area contributed by atoms with Crippen molar-refractivity contribution in [3.63, 3.8) is 0 Å². The van der Waals surface area contributed by atoms with E-state index in [9.17, 15) is 19.1 Å². The molecule has 3 aliphatic rings. The Hall–Kier alpha value is -3.20. The van der Waals surface area contributed by atoms with Crippen molar-refractivity contribution in [1.82, 2.24) is 19.5 Å². The average Bonchev–Trinajstić information content (AvgIpc) is 3.17. The second-order valence-electron chi connectivity index (χ2n) is 8.31. The molecular formula is C21H19ClFN5O3. The second-order valence-corrected chi connectivity index (χ2v) is 8.72. The molecule has 2 aliphatic heterocycles. The van der Waals surface area contributed by atoms with Crippen LogP contribution in [0.1, 0.15) is 26.2 Å². The first kappa shape index (κ1) is 19.7. The number of carboxylic acid groups (broad SMARTS) is 1. The van der Waals surface area contributed by atoms with Gasteiger partial charge in [-0.3, -0.25) is 0 Å². The van der Waals surface area contributed by atoms with E-state index in [1.165, 1.54) is 11.0 Å². The van der Waals surface area contributed by atoms with E-state index >= 15 is 0 Å². The Labute approximate surface area is 181 Å². The van der Waals surface area contributed by atoms with Gasteiger partial charge in [0.1, 0.15) is 11.4 Å². The Morgan fingerprint density at radius 3 is 2.94 bits per heavy atom. The molecule has 3 fully saturated rings. The minimum Gasteiger partial charge on any atom is -0.479 e. The van der Waals surface area contributed by atoms with Crippen LogP contribution in [-0.2, 0) is 4.79 Å². The third-order valence-electron chi connectivity index (χ3n) is 6.20. The summed E-state index contributed by atoms with van der Waals surface area (Å²) in [5.74, 6) is -1.29. The van der Waals surface area contributed by atoms with Crippen LogP contribution in [-0.4, -0.2) is 48.2 Å². The number of carboxylic acids is 1. The van der Waals surface area contributed by atoms with Crippen LogP contribution < -0.4 is 5.32 Å². The first-order chi connectivity index (χ1) is 14.8. The maximum absolute atomic E-state index is 14.6. The molecule has 2 bridgehead atoms. The molecule has 4 heterocycles. The number of aromatic nitrogens is 3. The number of urea groups is 1. The van der Waals surface area contributed by atoms with Crippen molar-refractivity contribution < 1.29 is 19.1 Å². The van der Waals surface area contributed by atoms with Crippen molar-refractivity contribution in [3.05, 3.63) is 47.5 Å². The zero-order valence-electron chi connectivity index (χ0n) is 16.5. The highest BCUT2D eigenvalue weighted by Gasteiger charge is 2.63. The number of anilines is 1. The standard InChI is InChI=1S/C21H19ClFN5O3/c1-11-5-13-9-21(8-11,19(29)30)28(13)20(31)25-17-6-14(15(22)7-16(17)23)18-24-10-12-3-2-4-27(12)26-18/h2-4,6-7,10-11,13H,5,8-9H2,1H3,(H,25,31)(H,29,30)/t11-,13+,21?/m1/s1. The Morgan fingerprint density at radius 2 is 2.16 bits per heavy atom. The number of fused-ring (bicyclic) bond motifs is 3. The van der Waals surface area contributed by atoms with E-state index in [2.05, 4.69) is 15.4 Å². The highest BCUT2D eigenvalue weighted by molar-refractivity contribution is 6.33. The summed E-state index contributed by atoms with van der Waals surface area (Å²) in [6.45, 7) is 1.98. The number of nitrogens with one attached hydrogen (secondary N) is 1. The number of nitrogens with zero attached hydrogens (tertiary/aromatic N) is 4. The van der Waals surface area contributed by atoms with Crippen molar-refractivity contribution in [3.8, 4) is 11.4 Å². The second kappa shape index (κ2) is 6.91. The molecule has 0 radical (unpaired) electrons. The van der Waals surface area contributed by atoms with E-state index in [0.717, 1.165) is 18.0 Å². The molecule has 2 amide bonds. The Balaban J connectivity index is 1.46. The lowest BCUT2D eigenvalue weighted by Gasteiger charge is -2.60. The number of hydrogen-bond donors (Lipinski definition) is 2. The molecule has 6 rings (SSSR count). The quantitative estimate of drug-likeness (QED) is 0.636. The molecule has 2 N–H and O–H groups in total. The van der Waals surface area contributed by atoms with E-state index in [0.29, 0.717) is 18.4 Å². The van der Waals surface area contributed by atoms with Crippen LogP contribution in [0.25, 0.3) is 16.9 Å². The monoisotopic (exact) mass is 443 g/mol. The number of halogens is 2. The maximum Gasteiger partial charge on any atom is 0.329 e. The Morgan fingerprint density at radius 1 is 1.35 bits per heavy atom. The molecule has 0 spiro atoms. The fourth-order valence-corrected chi connectivity index (χ4v) is 5.13. The Kier molecular flexibility index (Phi) is 4.40. The van der Waals surface area contributed by atoms with Crippen molar-refractivity contribution >= 4 is 34.8 Å². The molecule has 1 saturated carbocycles. The summed E-state index contributed by atoms with van der Waals surface area (Å²) in [6, 6.07) is 5.29. The van der Waals surface area contributed by atoms with Crippen LogP contribution in [0.2, 0.25) is 5.02 Å². The van der Waals surface area contributed by atoms with Crippen molar-refractivity contribution in [1.29, 1.82) is 0 Å². The summed E-state index contributed by atoms with van der Waals surface area (Å²) in [6.07, 6.45) is 4.88. The number of rotatable bonds is 3. The lowest BCUT2D eigenvalue weighted by Crippen LogP contribution is -2.75. The SMILES string of the molecule is C[C@@H]1C[C@H]2CC(C(=O)O)(C1)N2C(=O)Nc1cc(-c2ncc3cccn3n2)c(Cl)cc1F. The largest absolute Gasteiger partial charge is 0.479 e. The fourth-order valence-electron chi connectivity index (χ4n) is 4.90.